The van der Waals surface area contributed by atoms with Crippen molar-refractivity contribution in [3.05, 3.63) is 45.9 Å². The van der Waals surface area contributed by atoms with Crippen LogP contribution in [0.15, 0.2) is 30.2 Å². The number of fused-ring (bicyclic) bond motifs is 1. The third kappa shape index (κ3) is 4.95. The number of aliphatic hydroxyl groups excluding tert-OH is 1. The summed E-state index contributed by atoms with van der Waals surface area (Å²) < 4.78 is 16.2. The highest BCUT2D eigenvalue weighted by Gasteiger charge is 2.43. The van der Waals surface area contributed by atoms with Crippen molar-refractivity contribution in [2.75, 3.05) is 20.3 Å². The fourth-order valence-electron chi connectivity index (χ4n) is 2.76. The van der Waals surface area contributed by atoms with Gasteiger partial charge in [0.1, 0.15) is 35.8 Å². The molecule has 0 saturated carbocycles. The lowest BCUT2D eigenvalue weighted by molar-refractivity contribution is -0.385. The van der Waals surface area contributed by atoms with E-state index in [0.29, 0.717) is 17.1 Å². The molecule has 1 aromatic rings. The number of non-ortho nitro benzene ring substituents is 1. The molecule has 1 heterocycles. The van der Waals surface area contributed by atoms with Crippen LogP contribution in [-0.2, 0) is 14.3 Å². The average Bonchev–Trinajstić information content (AvgIpc) is 2.63. The number of ether oxygens (including phenoxy) is 3. The molecule has 2 rings (SSSR count). The Morgan fingerprint density at radius 3 is 2.85 bits per heavy atom. The molecular weight excluding hydrogens is 356 g/mol. The zero-order chi connectivity index (χ0) is 20.0. The highest BCUT2D eigenvalue weighted by atomic mass is 16.6. The monoisotopic (exact) mass is 380 g/mol. The standard InChI is InChI=1S/C18H24N2O7/c1-18(2)17(22)16(19-10-13(25-3)11-26-8-4-7-21)14-9-12(20(23)24)5-6-15(14)27-18/h5-7,9,11,16-17,19,22H,4,8,10H2,1-3H3/b13-11-. The number of nitro groups is 1. The number of hydrogen-bond acceptors (Lipinski definition) is 8. The molecule has 0 aromatic heterocycles. The molecule has 9 heteroatoms. The van der Waals surface area contributed by atoms with Crippen molar-refractivity contribution in [3.63, 3.8) is 0 Å². The normalized spacial score (nSPS) is 21.0. The lowest BCUT2D eigenvalue weighted by atomic mass is 9.86. The van der Waals surface area contributed by atoms with Crippen molar-refractivity contribution in [1.29, 1.82) is 0 Å². The summed E-state index contributed by atoms with van der Waals surface area (Å²) in [5.41, 5.74) is -0.484. The van der Waals surface area contributed by atoms with Crippen molar-refractivity contribution in [3.8, 4) is 5.75 Å². The molecular formula is C18H24N2O7. The maximum atomic E-state index is 11.1. The van der Waals surface area contributed by atoms with Gasteiger partial charge in [-0.25, -0.2) is 0 Å². The molecule has 2 N–H and O–H groups in total. The molecule has 0 spiro atoms. The van der Waals surface area contributed by atoms with Crippen LogP contribution in [0.5, 0.6) is 5.75 Å². The third-order valence-corrected chi connectivity index (χ3v) is 4.27. The molecule has 2 unspecified atom stereocenters. The van der Waals surface area contributed by atoms with Gasteiger partial charge in [-0.3, -0.25) is 10.1 Å². The van der Waals surface area contributed by atoms with Gasteiger partial charge in [-0.1, -0.05) is 0 Å². The molecule has 0 saturated heterocycles. The van der Waals surface area contributed by atoms with E-state index in [0.717, 1.165) is 6.29 Å². The molecule has 1 aliphatic heterocycles. The third-order valence-electron chi connectivity index (χ3n) is 4.27. The molecule has 0 fully saturated rings. The molecule has 1 aliphatic rings. The van der Waals surface area contributed by atoms with E-state index < -0.39 is 22.7 Å². The molecule has 0 aliphatic carbocycles. The van der Waals surface area contributed by atoms with Crippen molar-refractivity contribution in [2.24, 2.45) is 0 Å². The van der Waals surface area contributed by atoms with Crippen molar-refractivity contribution in [2.45, 2.75) is 38.0 Å². The zero-order valence-electron chi connectivity index (χ0n) is 15.5. The SMILES string of the molecule is CO/C(=C\OCCC=O)CNC1c2cc([N+](=O)[O-])ccc2OC(C)(C)C1O. The van der Waals surface area contributed by atoms with Crippen molar-refractivity contribution >= 4 is 12.0 Å². The van der Waals surface area contributed by atoms with Gasteiger partial charge >= 0.3 is 0 Å². The van der Waals surface area contributed by atoms with Gasteiger partial charge in [0.05, 0.1) is 31.2 Å². The molecule has 148 valence electrons. The van der Waals surface area contributed by atoms with E-state index in [9.17, 15) is 20.0 Å². The van der Waals surface area contributed by atoms with Crippen molar-refractivity contribution in [1.82, 2.24) is 5.32 Å². The lowest BCUT2D eigenvalue weighted by Crippen LogP contribution is -2.52. The molecule has 27 heavy (non-hydrogen) atoms. The quantitative estimate of drug-likeness (QED) is 0.219. The van der Waals surface area contributed by atoms with Crippen LogP contribution in [0.2, 0.25) is 0 Å². The van der Waals surface area contributed by atoms with Crippen LogP contribution in [0.1, 0.15) is 31.9 Å². The van der Waals surface area contributed by atoms with Crippen LogP contribution in [-0.4, -0.2) is 48.3 Å². The van der Waals surface area contributed by atoms with E-state index in [-0.39, 0.29) is 25.3 Å². The number of aliphatic hydroxyl groups is 1. The Balaban J connectivity index is 2.22. The largest absolute Gasteiger partial charge is 0.497 e. The van der Waals surface area contributed by atoms with Gasteiger partial charge in [-0.15, -0.1) is 0 Å². The molecule has 0 bridgehead atoms. The van der Waals surface area contributed by atoms with Gasteiger partial charge in [-0.05, 0) is 19.9 Å². The van der Waals surface area contributed by atoms with Crippen LogP contribution < -0.4 is 10.1 Å². The van der Waals surface area contributed by atoms with E-state index in [1.54, 1.807) is 13.8 Å². The Hall–Kier alpha value is -2.65. The first-order valence-electron chi connectivity index (χ1n) is 8.47. The Bertz CT molecular complexity index is 718. The Labute approximate surface area is 157 Å². The first-order chi connectivity index (χ1) is 12.8. The van der Waals surface area contributed by atoms with E-state index >= 15 is 0 Å². The van der Waals surface area contributed by atoms with Crippen molar-refractivity contribution < 1.29 is 29.0 Å². The highest BCUT2D eigenvalue weighted by Crippen LogP contribution is 2.41. The first-order valence-corrected chi connectivity index (χ1v) is 8.47. The topological polar surface area (TPSA) is 120 Å². The fourth-order valence-corrected chi connectivity index (χ4v) is 2.76. The minimum absolute atomic E-state index is 0.0873. The lowest BCUT2D eigenvalue weighted by Gasteiger charge is -2.42. The Morgan fingerprint density at radius 2 is 2.22 bits per heavy atom. The first kappa shape index (κ1) is 20.7. The fraction of sp³-hybridized carbons (Fsp3) is 0.500. The number of hydrogen-bond donors (Lipinski definition) is 2. The van der Waals surface area contributed by atoms with Gasteiger partial charge in [0.2, 0.25) is 0 Å². The Morgan fingerprint density at radius 1 is 1.48 bits per heavy atom. The summed E-state index contributed by atoms with van der Waals surface area (Å²) in [5, 5.41) is 25.0. The summed E-state index contributed by atoms with van der Waals surface area (Å²) in [6.45, 7) is 3.93. The summed E-state index contributed by atoms with van der Waals surface area (Å²) in [4.78, 5) is 20.9. The summed E-state index contributed by atoms with van der Waals surface area (Å²) in [6.07, 6.45) is 1.45. The molecule has 0 amide bonds. The maximum absolute atomic E-state index is 11.1. The van der Waals surface area contributed by atoms with Gasteiger partial charge in [0.15, 0.2) is 0 Å². The van der Waals surface area contributed by atoms with Gasteiger partial charge < -0.3 is 29.4 Å². The second-order valence-electron chi connectivity index (χ2n) is 6.60. The number of carbonyl (C=O) groups is 1. The second kappa shape index (κ2) is 8.83. The second-order valence-corrected chi connectivity index (χ2v) is 6.60. The van der Waals surface area contributed by atoms with Crippen LogP contribution in [0.3, 0.4) is 0 Å². The van der Waals surface area contributed by atoms with Gasteiger partial charge in [-0.2, -0.15) is 0 Å². The number of carbonyl (C=O) groups excluding carboxylic acids is 1. The van der Waals surface area contributed by atoms with Gasteiger partial charge in [0, 0.05) is 24.1 Å². The number of nitrogens with zero attached hydrogens (tertiary/aromatic N) is 1. The number of methoxy groups -OCH3 is 1. The predicted octanol–water partition coefficient (Wildman–Crippen LogP) is 1.85. The number of nitro benzene ring substituents is 1. The van der Waals surface area contributed by atoms with Gasteiger partial charge in [0.25, 0.3) is 5.69 Å². The smallest absolute Gasteiger partial charge is 0.270 e. The van der Waals surface area contributed by atoms with E-state index in [1.807, 2.05) is 0 Å². The molecule has 1 aromatic carbocycles. The minimum atomic E-state index is -0.957. The molecule has 9 nitrogen and oxygen atoms in total. The number of rotatable bonds is 9. The van der Waals surface area contributed by atoms with Crippen LogP contribution in [0, 0.1) is 10.1 Å². The number of nitrogens with one attached hydrogen (secondary N) is 1. The average molecular weight is 380 g/mol. The van der Waals surface area contributed by atoms with Crippen LogP contribution in [0.25, 0.3) is 0 Å². The minimum Gasteiger partial charge on any atom is -0.497 e. The predicted molar refractivity (Wildman–Crippen MR) is 96.3 cm³/mol. The summed E-state index contributed by atoms with van der Waals surface area (Å²) >= 11 is 0. The van der Waals surface area contributed by atoms with E-state index in [1.165, 1.54) is 31.6 Å². The number of benzene rings is 1. The maximum Gasteiger partial charge on any atom is 0.270 e. The summed E-state index contributed by atoms with van der Waals surface area (Å²) in [5.74, 6) is 0.919. The van der Waals surface area contributed by atoms with Crippen LogP contribution >= 0.6 is 0 Å². The van der Waals surface area contributed by atoms with E-state index in [2.05, 4.69) is 5.32 Å². The van der Waals surface area contributed by atoms with E-state index in [4.69, 9.17) is 14.2 Å². The Kier molecular flexibility index (Phi) is 6.75. The molecule has 0 radical (unpaired) electrons. The highest BCUT2D eigenvalue weighted by molar-refractivity contribution is 5.49. The summed E-state index contributed by atoms with van der Waals surface area (Å²) in [6, 6.07) is 3.68. The van der Waals surface area contributed by atoms with Crippen LogP contribution in [0.4, 0.5) is 5.69 Å². The summed E-state index contributed by atoms with van der Waals surface area (Å²) in [7, 11) is 1.47. The molecule has 2 atom stereocenters. The zero-order valence-corrected chi connectivity index (χ0v) is 15.5. The number of aldehydes is 1.